The van der Waals surface area contributed by atoms with Gasteiger partial charge in [-0.05, 0) is 18.1 Å². The Bertz CT molecular complexity index is 738. The highest BCUT2D eigenvalue weighted by Crippen LogP contribution is 2.07. The molecule has 0 saturated carbocycles. The Balaban J connectivity index is 0.000000568. The number of rotatable bonds is 7. The van der Waals surface area contributed by atoms with Gasteiger partial charge in [0.05, 0.1) is 12.7 Å². The minimum atomic E-state index is -1.82. The van der Waals surface area contributed by atoms with Crippen LogP contribution in [0.4, 0.5) is 0 Å². The highest BCUT2D eigenvalue weighted by atomic mass is 16.5. The van der Waals surface area contributed by atoms with E-state index in [2.05, 4.69) is 0 Å². The van der Waals surface area contributed by atoms with Gasteiger partial charge in [0.1, 0.15) is 12.6 Å². The topological polar surface area (TPSA) is 136 Å². The molecule has 4 N–H and O–H groups in total. The average Bonchev–Trinajstić information content (AvgIpc) is 2.71. The van der Waals surface area contributed by atoms with E-state index in [0.29, 0.717) is 6.61 Å². The van der Waals surface area contributed by atoms with Crippen LogP contribution in [0.3, 0.4) is 0 Å². The molecule has 150 valence electrons. The summed E-state index contributed by atoms with van der Waals surface area (Å²) >= 11 is 0. The predicted molar refractivity (Wildman–Crippen MR) is 100 cm³/mol. The zero-order chi connectivity index (χ0) is 20.9. The van der Waals surface area contributed by atoms with Gasteiger partial charge in [0, 0.05) is 0 Å². The van der Waals surface area contributed by atoms with Gasteiger partial charge in [-0.1, -0.05) is 60.7 Å². The smallest absolute Gasteiger partial charge is 0.414 e. The molecular weight excluding hydrogens is 366 g/mol. The number of benzene rings is 2. The molecule has 0 radical (unpaired) electrons. The van der Waals surface area contributed by atoms with Crippen LogP contribution in [0.2, 0.25) is 0 Å². The molecule has 8 heteroatoms. The number of carboxylic acids is 2. The van der Waals surface area contributed by atoms with E-state index in [1.807, 2.05) is 60.7 Å². The summed E-state index contributed by atoms with van der Waals surface area (Å²) in [5.41, 5.74) is 7.86. The summed E-state index contributed by atoms with van der Waals surface area (Å²) in [6.45, 7) is 2.41. The molecule has 2 aromatic rings. The van der Waals surface area contributed by atoms with Gasteiger partial charge in [0.2, 0.25) is 0 Å². The summed E-state index contributed by atoms with van der Waals surface area (Å²) in [5, 5.41) is 14.8. The molecule has 8 nitrogen and oxygen atoms in total. The molecule has 0 fully saturated rings. The first-order valence-electron chi connectivity index (χ1n) is 8.39. The lowest BCUT2D eigenvalue weighted by molar-refractivity contribution is -0.159. The van der Waals surface area contributed by atoms with Crippen molar-refractivity contribution in [1.29, 1.82) is 0 Å². The minimum Gasteiger partial charge on any atom is -0.473 e. The second kappa shape index (κ2) is 12.2. The maximum atomic E-state index is 11.9. The van der Waals surface area contributed by atoms with Gasteiger partial charge in [-0.15, -0.1) is 0 Å². The van der Waals surface area contributed by atoms with Crippen LogP contribution in [0.15, 0.2) is 60.7 Å². The van der Waals surface area contributed by atoms with Gasteiger partial charge in [0.15, 0.2) is 0 Å². The van der Waals surface area contributed by atoms with Gasteiger partial charge in [-0.2, -0.15) is 0 Å². The van der Waals surface area contributed by atoms with Gasteiger partial charge in [0.25, 0.3) is 0 Å². The SMILES string of the molecule is C[C@H](OCc1ccccc1)[C@@H](N)C(=O)OCc1ccccc1.O=C(O)C(=O)O. The summed E-state index contributed by atoms with van der Waals surface area (Å²) in [6, 6.07) is 18.5. The lowest BCUT2D eigenvalue weighted by Gasteiger charge is -2.19. The van der Waals surface area contributed by atoms with E-state index in [0.717, 1.165) is 11.1 Å². The Labute approximate surface area is 162 Å². The molecule has 0 aliphatic rings. The predicted octanol–water partition coefficient (Wildman–Crippen LogP) is 1.82. The number of aliphatic carboxylic acids is 2. The van der Waals surface area contributed by atoms with Crippen LogP contribution in [0.5, 0.6) is 0 Å². The van der Waals surface area contributed by atoms with Crippen molar-refractivity contribution in [1.82, 2.24) is 0 Å². The average molecular weight is 389 g/mol. The van der Waals surface area contributed by atoms with Crippen LogP contribution in [0.1, 0.15) is 18.1 Å². The number of hydrogen-bond acceptors (Lipinski definition) is 6. The minimum absolute atomic E-state index is 0.221. The van der Waals surface area contributed by atoms with Gasteiger partial charge < -0.3 is 25.4 Å². The second-order valence-corrected chi connectivity index (χ2v) is 5.73. The summed E-state index contributed by atoms with van der Waals surface area (Å²) in [4.78, 5) is 30.1. The van der Waals surface area contributed by atoms with E-state index < -0.39 is 30.1 Å². The fourth-order valence-corrected chi connectivity index (χ4v) is 1.92. The Morgan fingerprint density at radius 3 is 1.71 bits per heavy atom. The third-order valence-corrected chi connectivity index (χ3v) is 3.54. The maximum Gasteiger partial charge on any atom is 0.414 e. The first-order chi connectivity index (χ1) is 13.3. The van der Waals surface area contributed by atoms with E-state index in [9.17, 15) is 4.79 Å². The first-order valence-corrected chi connectivity index (χ1v) is 8.39. The lowest BCUT2D eigenvalue weighted by Crippen LogP contribution is -2.42. The molecule has 0 heterocycles. The quantitative estimate of drug-likeness (QED) is 0.482. The summed E-state index contributed by atoms with van der Waals surface area (Å²) in [5.74, 6) is -4.10. The van der Waals surface area contributed by atoms with Crippen molar-refractivity contribution < 1.29 is 34.1 Å². The van der Waals surface area contributed by atoms with Crippen LogP contribution < -0.4 is 5.73 Å². The molecule has 2 aromatic carbocycles. The van der Waals surface area contributed by atoms with Crippen molar-refractivity contribution in [3.8, 4) is 0 Å². The zero-order valence-electron chi connectivity index (χ0n) is 15.4. The number of carbonyl (C=O) groups is 3. The summed E-state index contributed by atoms with van der Waals surface area (Å²) in [7, 11) is 0. The molecule has 0 aliphatic heterocycles. The normalized spacial score (nSPS) is 12.1. The fourth-order valence-electron chi connectivity index (χ4n) is 1.92. The van der Waals surface area contributed by atoms with Crippen molar-refractivity contribution in [2.45, 2.75) is 32.3 Å². The molecule has 0 aliphatic carbocycles. The Morgan fingerprint density at radius 1 is 0.857 bits per heavy atom. The van der Waals surface area contributed by atoms with Crippen LogP contribution in [0.25, 0.3) is 0 Å². The van der Waals surface area contributed by atoms with E-state index in [-0.39, 0.29) is 6.61 Å². The second-order valence-electron chi connectivity index (χ2n) is 5.73. The number of carbonyl (C=O) groups excluding carboxylic acids is 1. The van der Waals surface area contributed by atoms with E-state index in [4.69, 9.17) is 35.0 Å². The van der Waals surface area contributed by atoms with E-state index >= 15 is 0 Å². The van der Waals surface area contributed by atoms with Gasteiger partial charge in [-0.3, -0.25) is 4.79 Å². The highest BCUT2D eigenvalue weighted by Gasteiger charge is 2.23. The van der Waals surface area contributed by atoms with Crippen LogP contribution in [0, 0.1) is 0 Å². The van der Waals surface area contributed by atoms with Crippen molar-refractivity contribution >= 4 is 17.9 Å². The number of nitrogens with two attached hydrogens (primary N) is 1. The maximum absolute atomic E-state index is 11.9. The third kappa shape index (κ3) is 8.93. The van der Waals surface area contributed by atoms with Crippen molar-refractivity contribution in [3.05, 3.63) is 71.8 Å². The largest absolute Gasteiger partial charge is 0.473 e. The van der Waals surface area contributed by atoms with Gasteiger partial charge >= 0.3 is 17.9 Å². The molecule has 2 rings (SSSR count). The standard InChI is InChI=1S/C18H21NO3.C2H2O4/c1-14(21-12-15-8-4-2-5-9-15)17(19)18(20)22-13-16-10-6-3-7-11-16;3-1(4)2(5)6/h2-11,14,17H,12-13,19H2,1H3;(H,3,4)(H,5,6)/t14-,17+;/m0./s1. The number of ether oxygens (including phenoxy) is 2. The Morgan fingerprint density at radius 2 is 1.29 bits per heavy atom. The number of hydrogen-bond donors (Lipinski definition) is 3. The monoisotopic (exact) mass is 389 g/mol. The molecule has 0 amide bonds. The van der Waals surface area contributed by atoms with E-state index in [1.165, 1.54) is 0 Å². The molecule has 0 bridgehead atoms. The van der Waals surface area contributed by atoms with Crippen LogP contribution >= 0.6 is 0 Å². The number of carboxylic acid groups (broad SMARTS) is 2. The number of esters is 1. The lowest BCUT2D eigenvalue weighted by atomic mass is 10.2. The molecule has 0 spiro atoms. The van der Waals surface area contributed by atoms with Gasteiger partial charge in [-0.25, -0.2) is 9.59 Å². The molecular formula is C20H23NO7. The fraction of sp³-hybridized carbons (Fsp3) is 0.250. The third-order valence-electron chi connectivity index (χ3n) is 3.54. The molecule has 0 aromatic heterocycles. The summed E-state index contributed by atoms with van der Waals surface area (Å²) < 4.78 is 10.9. The molecule has 0 unspecified atom stereocenters. The Kier molecular flexibility index (Phi) is 9.95. The first kappa shape index (κ1) is 22.8. The highest BCUT2D eigenvalue weighted by molar-refractivity contribution is 6.27. The van der Waals surface area contributed by atoms with E-state index in [1.54, 1.807) is 6.92 Å². The van der Waals surface area contributed by atoms with Crippen molar-refractivity contribution in [2.24, 2.45) is 5.73 Å². The Hall–Kier alpha value is -3.23. The van der Waals surface area contributed by atoms with Crippen LogP contribution in [-0.2, 0) is 37.1 Å². The zero-order valence-corrected chi connectivity index (χ0v) is 15.4. The van der Waals surface area contributed by atoms with Crippen LogP contribution in [-0.4, -0.2) is 40.3 Å². The summed E-state index contributed by atoms with van der Waals surface area (Å²) in [6.07, 6.45) is -0.413. The molecule has 2 atom stereocenters. The van der Waals surface area contributed by atoms with Crippen molar-refractivity contribution in [3.63, 3.8) is 0 Å². The van der Waals surface area contributed by atoms with Crippen molar-refractivity contribution in [2.75, 3.05) is 0 Å². The molecule has 28 heavy (non-hydrogen) atoms. The molecule has 0 saturated heterocycles.